The monoisotopic (exact) mass is 432 g/mol. The Kier molecular flexibility index (Phi) is 5.56. The molecule has 0 saturated heterocycles. The van der Waals surface area contributed by atoms with Crippen molar-refractivity contribution >= 4 is 40.8 Å². The van der Waals surface area contributed by atoms with Crippen molar-refractivity contribution in [1.82, 2.24) is 5.32 Å². The molecule has 0 bridgehead atoms. The van der Waals surface area contributed by atoms with Gasteiger partial charge in [0.15, 0.2) is 0 Å². The van der Waals surface area contributed by atoms with Crippen LogP contribution in [0.3, 0.4) is 0 Å². The average molecular weight is 433 g/mol. The summed E-state index contributed by atoms with van der Waals surface area (Å²) in [4.78, 5) is 25.4. The predicted octanol–water partition coefficient (Wildman–Crippen LogP) is 4.63. The Balaban J connectivity index is 1.85. The lowest BCUT2D eigenvalue weighted by Crippen LogP contribution is -2.53. The van der Waals surface area contributed by atoms with Gasteiger partial charge < -0.3 is 10.1 Å². The molecule has 152 valence electrons. The van der Waals surface area contributed by atoms with Crippen molar-refractivity contribution in [2.24, 2.45) is 0 Å². The fraction of sp³-hybridized carbons (Fsp3) is 0.364. The van der Waals surface area contributed by atoms with Crippen molar-refractivity contribution in [2.45, 2.75) is 43.2 Å². The highest BCUT2D eigenvalue weighted by Crippen LogP contribution is 2.49. The predicted molar refractivity (Wildman–Crippen MR) is 113 cm³/mol. The standard InChI is InChI=1S/C22H22Cl2N2O3/c1-29-20(27)10-9-17(13-3-2-4-14(23)11-13)22(26-16-6-7-16)18-8-5-15(24)12-19(18)25-21(22)28/h2-5,8,11-12,16-17,26H,6-7,9-10H2,1H3,(H,25,28)/t17-,22+/m1/s1. The largest absolute Gasteiger partial charge is 0.469 e. The second-order valence-electron chi connectivity index (χ2n) is 7.59. The molecule has 1 saturated carbocycles. The Bertz CT molecular complexity index is 961. The van der Waals surface area contributed by atoms with E-state index in [0.717, 1.165) is 24.0 Å². The van der Waals surface area contributed by atoms with E-state index >= 15 is 0 Å². The van der Waals surface area contributed by atoms with Gasteiger partial charge in [0, 0.05) is 39.7 Å². The van der Waals surface area contributed by atoms with Crippen LogP contribution in [0, 0.1) is 0 Å². The number of carbonyl (C=O) groups excluding carboxylic acids is 2. The first-order chi connectivity index (χ1) is 13.9. The van der Waals surface area contributed by atoms with Gasteiger partial charge >= 0.3 is 5.97 Å². The summed E-state index contributed by atoms with van der Waals surface area (Å²) in [5.41, 5.74) is 1.42. The fourth-order valence-electron chi connectivity index (χ4n) is 4.17. The molecule has 1 aliphatic carbocycles. The van der Waals surface area contributed by atoms with Crippen LogP contribution in [0.2, 0.25) is 10.0 Å². The lowest BCUT2D eigenvalue weighted by atomic mass is 9.72. The van der Waals surface area contributed by atoms with Crippen molar-refractivity contribution in [3.05, 3.63) is 63.6 Å². The highest BCUT2D eigenvalue weighted by Gasteiger charge is 2.54. The van der Waals surface area contributed by atoms with Crippen LogP contribution in [-0.4, -0.2) is 25.0 Å². The van der Waals surface area contributed by atoms with Gasteiger partial charge in [-0.1, -0.05) is 41.4 Å². The first kappa shape index (κ1) is 20.2. The summed E-state index contributed by atoms with van der Waals surface area (Å²) in [5, 5.41) is 7.74. The Hall–Kier alpha value is -2.08. The lowest BCUT2D eigenvalue weighted by Gasteiger charge is -2.37. The molecule has 2 N–H and O–H groups in total. The SMILES string of the molecule is COC(=O)CC[C@H](c1cccc(Cl)c1)[C@@]1(NC2CC2)C(=O)Nc2cc(Cl)ccc21. The van der Waals surface area contributed by atoms with Crippen molar-refractivity contribution in [1.29, 1.82) is 0 Å². The number of hydrogen-bond donors (Lipinski definition) is 2. The summed E-state index contributed by atoms with van der Waals surface area (Å²) in [6.07, 6.45) is 2.65. The summed E-state index contributed by atoms with van der Waals surface area (Å²) in [6.45, 7) is 0. The number of nitrogens with one attached hydrogen (secondary N) is 2. The third kappa shape index (κ3) is 3.87. The summed E-state index contributed by atoms with van der Waals surface area (Å²) in [6, 6.07) is 13.2. The first-order valence-corrected chi connectivity index (χ1v) is 10.4. The molecule has 7 heteroatoms. The molecule has 2 atom stereocenters. The number of rotatable bonds is 7. The molecule has 1 amide bonds. The minimum Gasteiger partial charge on any atom is -0.469 e. The first-order valence-electron chi connectivity index (χ1n) is 9.65. The van der Waals surface area contributed by atoms with Gasteiger partial charge in [-0.25, -0.2) is 0 Å². The van der Waals surface area contributed by atoms with Crippen LogP contribution >= 0.6 is 23.2 Å². The number of halogens is 2. The van der Waals surface area contributed by atoms with E-state index in [1.165, 1.54) is 7.11 Å². The second kappa shape index (κ2) is 7.98. The van der Waals surface area contributed by atoms with Gasteiger partial charge in [-0.05, 0) is 49.1 Å². The summed E-state index contributed by atoms with van der Waals surface area (Å²) in [5.74, 6) is -0.770. The van der Waals surface area contributed by atoms with Crippen LogP contribution in [-0.2, 0) is 19.9 Å². The van der Waals surface area contributed by atoms with Crippen molar-refractivity contribution < 1.29 is 14.3 Å². The molecular formula is C22H22Cl2N2O3. The molecule has 1 aliphatic heterocycles. The molecule has 0 radical (unpaired) electrons. The number of amides is 1. The second-order valence-corrected chi connectivity index (χ2v) is 8.47. The summed E-state index contributed by atoms with van der Waals surface area (Å²) >= 11 is 12.4. The average Bonchev–Trinajstić information content (AvgIpc) is 3.46. The maximum Gasteiger partial charge on any atom is 0.305 e. The van der Waals surface area contributed by atoms with Crippen LogP contribution in [0.1, 0.15) is 42.7 Å². The number of anilines is 1. The number of esters is 1. The van der Waals surface area contributed by atoms with Gasteiger partial charge in [-0.3, -0.25) is 14.9 Å². The third-order valence-electron chi connectivity index (χ3n) is 5.66. The number of benzene rings is 2. The number of ether oxygens (including phenoxy) is 1. The molecule has 0 unspecified atom stereocenters. The van der Waals surface area contributed by atoms with Gasteiger partial charge in [-0.2, -0.15) is 0 Å². The molecule has 1 fully saturated rings. The number of hydrogen-bond acceptors (Lipinski definition) is 4. The maximum atomic E-state index is 13.5. The van der Waals surface area contributed by atoms with Crippen LogP contribution in [0.4, 0.5) is 5.69 Å². The van der Waals surface area contributed by atoms with E-state index in [-0.39, 0.29) is 30.3 Å². The normalized spacial score (nSPS) is 21.4. The van der Waals surface area contributed by atoms with Crippen molar-refractivity contribution in [2.75, 3.05) is 12.4 Å². The van der Waals surface area contributed by atoms with Gasteiger partial charge in [0.25, 0.3) is 0 Å². The molecule has 29 heavy (non-hydrogen) atoms. The quantitative estimate of drug-likeness (QED) is 0.625. The molecule has 0 spiro atoms. The van der Waals surface area contributed by atoms with Crippen LogP contribution < -0.4 is 10.6 Å². The van der Waals surface area contributed by atoms with E-state index < -0.39 is 5.54 Å². The van der Waals surface area contributed by atoms with E-state index in [1.54, 1.807) is 18.2 Å². The molecule has 4 rings (SSSR count). The Morgan fingerprint density at radius 3 is 2.69 bits per heavy atom. The summed E-state index contributed by atoms with van der Waals surface area (Å²) in [7, 11) is 1.37. The molecule has 2 aliphatic rings. The fourth-order valence-corrected chi connectivity index (χ4v) is 4.54. The van der Waals surface area contributed by atoms with Gasteiger partial charge in [0.2, 0.25) is 5.91 Å². The lowest BCUT2D eigenvalue weighted by molar-refractivity contribution is -0.141. The minimum atomic E-state index is -1.01. The highest BCUT2D eigenvalue weighted by molar-refractivity contribution is 6.31. The molecule has 1 heterocycles. The number of fused-ring (bicyclic) bond motifs is 1. The Morgan fingerprint density at radius 1 is 1.24 bits per heavy atom. The third-order valence-corrected chi connectivity index (χ3v) is 6.13. The van der Waals surface area contributed by atoms with Gasteiger partial charge in [0.1, 0.15) is 5.54 Å². The number of methoxy groups -OCH3 is 1. The highest BCUT2D eigenvalue weighted by atomic mass is 35.5. The molecule has 5 nitrogen and oxygen atoms in total. The smallest absolute Gasteiger partial charge is 0.305 e. The van der Waals surface area contributed by atoms with Gasteiger partial charge in [0.05, 0.1) is 7.11 Å². The zero-order valence-corrected chi connectivity index (χ0v) is 17.5. The topological polar surface area (TPSA) is 67.4 Å². The molecule has 2 aromatic rings. The van der Waals surface area contributed by atoms with E-state index in [1.807, 2.05) is 24.3 Å². The Labute approximate surface area is 179 Å². The summed E-state index contributed by atoms with van der Waals surface area (Å²) < 4.78 is 4.86. The van der Waals surface area contributed by atoms with Crippen molar-refractivity contribution in [3.63, 3.8) is 0 Å². The molecule has 0 aromatic heterocycles. The Morgan fingerprint density at radius 2 is 2.00 bits per heavy atom. The van der Waals surface area contributed by atoms with Crippen LogP contribution in [0.15, 0.2) is 42.5 Å². The minimum absolute atomic E-state index is 0.142. The van der Waals surface area contributed by atoms with Crippen LogP contribution in [0.25, 0.3) is 0 Å². The van der Waals surface area contributed by atoms with Crippen LogP contribution in [0.5, 0.6) is 0 Å². The molecule has 2 aromatic carbocycles. The number of carbonyl (C=O) groups is 2. The molecular weight excluding hydrogens is 411 g/mol. The van der Waals surface area contributed by atoms with E-state index in [9.17, 15) is 9.59 Å². The zero-order valence-electron chi connectivity index (χ0n) is 16.0. The maximum absolute atomic E-state index is 13.5. The zero-order chi connectivity index (χ0) is 20.6. The van der Waals surface area contributed by atoms with Gasteiger partial charge in [-0.15, -0.1) is 0 Å². The van der Waals surface area contributed by atoms with E-state index in [2.05, 4.69) is 10.6 Å². The van der Waals surface area contributed by atoms with Crippen molar-refractivity contribution in [3.8, 4) is 0 Å². The van der Waals surface area contributed by atoms with E-state index in [4.69, 9.17) is 27.9 Å². The van der Waals surface area contributed by atoms with E-state index in [0.29, 0.717) is 22.2 Å².